The third-order valence-electron chi connectivity index (χ3n) is 2.60. The molecule has 0 atom stereocenters. The molecule has 0 bridgehead atoms. The van der Waals surface area contributed by atoms with Crippen LogP contribution in [0.4, 0.5) is 4.39 Å². The number of pyridine rings is 1. The monoisotopic (exact) mass is 257 g/mol. The number of halogens is 3. The third kappa shape index (κ3) is 1.76. The van der Waals surface area contributed by atoms with Crippen molar-refractivity contribution in [2.45, 2.75) is 20.3 Å². The predicted octanol–water partition coefficient (Wildman–Crippen LogP) is 4.55. The van der Waals surface area contributed by atoms with Gasteiger partial charge in [0.2, 0.25) is 0 Å². The molecular formula is C12H10Cl2FN. The molecule has 0 saturated heterocycles. The molecule has 0 aliphatic heterocycles. The first-order chi connectivity index (χ1) is 7.54. The van der Waals surface area contributed by atoms with Crippen LogP contribution in [0.3, 0.4) is 0 Å². The molecule has 1 nitrogen and oxygen atoms in total. The highest BCUT2D eigenvalue weighted by atomic mass is 35.5. The molecule has 0 spiro atoms. The van der Waals surface area contributed by atoms with Crippen LogP contribution in [0.1, 0.15) is 18.2 Å². The van der Waals surface area contributed by atoms with Crippen LogP contribution in [0.15, 0.2) is 12.1 Å². The number of hydrogen-bond donors (Lipinski definition) is 0. The van der Waals surface area contributed by atoms with E-state index in [1.807, 2.05) is 13.8 Å². The van der Waals surface area contributed by atoms with E-state index in [0.29, 0.717) is 15.4 Å². The zero-order valence-corrected chi connectivity index (χ0v) is 10.5. The Bertz CT molecular complexity index is 567. The van der Waals surface area contributed by atoms with Gasteiger partial charge in [-0.3, -0.25) is 0 Å². The van der Waals surface area contributed by atoms with Crippen molar-refractivity contribution in [1.29, 1.82) is 0 Å². The molecule has 1 aromatic carbocycles. The second-order valence-corrected chi connectivity index (χ2v) is 4.44. The lowest BCUT2D eigenvalue weighted by molar-refractivity contribution is 0.636. The zero-order valence-electron chi connectivity index (χ0n) is 8.94. The van der Waals surface area contributed by atoms with Crippen LogP contribution >= 0.6 is 23.2 Å². The molecule has 4 heteroatoms. The summed E-state index contributed by atoms with van der Waals surface area (Å²) in [5.41, 5.74) is 1.99. The Morgan fingerprint density at radius 1 is 1.31 bits per heavy atom. The van der Waals surface area contributed by atoms with E-state index in [4.69, 9.17) is 23.2 Å². The van der Waals surface area contributed by atoms with E-state index in [0.717, 1.165) is 17.7 Å². The Kier molecular flexibility index (Phi) is 3.04. The Morgan fingerprint density at radius 2 is 2.00 bits per heavy atom. The minimum absolute atomic E-state index is 0.282. The van der Waals surface area contributed by atoms with Gasteiger partial charge in [-0.25, -0.2) is 9.37 Å². The topological polar surface area (TPSA) is 12.9 Å². The summed E-state index contributed by atoms with van der Waals surface area (Å²) >= 11 is 12.0. The molecule has 1 heterocycles. The first-order valence-corrected chi connectivity index (χ1v) is 5.74. The molecule has 0 saturated carbocycles. The van der Waals surface area contributed by atoms with Gasteiger partial charge in [0.05, 0.1) is 5.02 Å². The van der Waals surface area contributed by atoms with Crippen LogP contribution in [-0.2, 0) is 6.42 Å². The van der Waals surface area contributed by atoms with Gasteiger partial charge in [0, 0.05) is 16.1 Å². The summed E-state index contributed by atoms with van der Waals surface area (Å²) in [5.74, 6) is -0.435. The van der Waals surface area contributed by atoms with Crippen LogP contribution in [-0.4, -0.2) is 4.98 Å². The molecule has 16 heavy (non-hydrogen) atoms. The molecule has 0 radical (unpaired) electrons. The fraction of sp³-hybridized carbons (Fsp3) is 0.250. The van der Waals surface area contributed by atoms with Crippen molar-refractivity contribution < 1.29 is 4.39 Å². The van der Waals surface area contributed by atoms with Crippen LogP contribution in [0, 0.1) is 12.7 Å². The molecule has 2 aromatic rings. The highest BCUT2D eigenvalue weighted by molar-refractivity contribution is 6.37. The SMILES string of the molecule is CCc1c(C)nc2c(F)cc(Cl)cc2c1Cl. The fourth-order valence-electron chi connectivity index (χ4n) is 1.81. The third-order valence-corrected chi connectivity index (χ3v) is 3.25. The summed E-state index contributed by atoms with van der Waals surface area (Å²) in [6.07, 6.45) is 0.766. The van der Waals surface area contributed by atoms with E-state index in [1.165, 1.54) is 6.07 Å². The maximum atomic E-state index is 13.6. The van der Waals surface area contributed by atoms with E-state index >= 15 is 0 Å². The molecule has 0 fully saturated rings. The molecule has 0 aliphatic carbocycles. The summed E-state index contributed by atoms with van der Waals surface area (Å²) in [6, 6.07) is 2.90. The minimum atomic E-state index is -0.435. The maximum Gasteiger partial charge on any atom is 0.150 e. The highest BCUT2D eigenvalue weighted by Gasteiger charge is 2.13. The minimum Gasteiger partial charge on any atom is -0.250 e. The number of benzene rings is 1. The maximum absolute atomic E-state index is 13.6. The Hall–Kier alpha value is -0.860. The molecule has 2 rings (SSSR count). The van der Waals surface area contributed by atoms with Gasteiger partial charge in [-0.2, -0.15) is 0 Å². The molecule has 1 aromatic heterocycles. The number of aryl methyl sites for hydroxylation is 1. The van der Waals surface area contributed by atoms with E-state index < -0.39 is 5.82 Å². The average molecular weight is 258 g/mol. The lowest BCUT2D eigenvalue weighted by atomic mass is 10.1. The largest absolute Gasteiger partial charge is 0.250 e. The van der Waals surface area contributed by atoms with Gasteiger partial charge in [-0.1, -0.05) is 30.1 Å². The van der Waals surface area contributed by atoms with Gasteiger partial charge >= 0.3 is 0 Å². The van der Waals surface area contributed by atoms with Gasteiger partial charge in [-0.05, 0) is 31.0 Å². The van der Waals surface area contributed by atoms with Crippen molar-refractivity contribution in [2.24, 2.45) is 0 Å². The van der Waals surface area contributed by atoms with Gasteiger partial charge < -0.3 is 0 Å². The predicted molar refractivity (Wildman–Crippen MR) is 65.8 cm³/mol. The standard InChI is InChI=1S/C12H10Cl2FN/c1-3-8-6(2)16-12-9(11(8)14)4-7(13)5-10(12)15/h4-5H,3H2,1-2H3. The van der Waals surface area contributed by atoms with Crippen LogP contribution in [0.25, 0.3) is 10.9 Å². The van der Waals surface area contributed by atoms with Crippen molar-refractivity contribution in [3.05, 3.63) is 39.3 Å². The first-order valence-electron chi connectivity index (χ1n) is 4.98. The van der Waals surface area contributed by atoms with Gasteiger partial charge in [0.25, 0.3) is 0 Å². The molecular weight excluding hydrogens is 248 g/mol. The van der Waals surface area contributed by atoms with Crippen molar-refractivity contribution in [3.63, 3.8) is 0 Å². The number of aromatic nitrogens is 1. The second-order valence-electron chi connectivity index (χ2n) is 3.63. The Balaban J connectivity index is 2.93. The lowest BCUT2D eigenvalue weighted by Gasteiger charge is -2.09. The number of fused-ring (bicyclic) bond motifs is 1. The van der Waals surface area contributed by atoms with E-state index in [1.54, 1.807) is 6.07 Å². The zero-order chi connectivity index (χ0) is 11.9. The number of rotatable bonds is 1. The normalized spacial score (nSPS) is 11.1. The number of hydrogen-bond acceptors (Lipinski definition) is 1. The summed E-state index contributed by atoms with van der Waals surface area (Å²) in [4.78, 5) is 4.23. The van der Waals surface area contributed by atoms with E-state index in [-0.39, 0.29) is 5.52 Å². The average Bonchev–Trinajstić information content (AvgIpc) is 2.21. The van der Waals surface area contributed by atoms with Crippen molar-refractivity contribution in [3.8, 4) is 0 Å². The van der Waals surface area contributed by atoms with E-state index in [9.17, 15) is 4.39 Å². The lowest BCUT2D eigenvalue weighted by Crippen LogP contribution is -1.96. The fourth-order valence-corrected chi connectivity index (χ4v) is 2.43. The molecule has 0 N–H and O–H groups in total. The summed E-state index contributed by atoms with van der Waals surface area (Å²) in [5, 5.41) is 1.46. The van der Waals surface area contributed by atoms with Crippen LogP contribution in [0.2, 0.25) is 10.0 Å². The quantitative estimate of drug-likeness (QED) is 0.731. The first kappa shape index (κ1) is 11.6. The Morgan fingerprint density at radius 3 is 2.62 bits per heavy atom. The van der Waals surface area contributed by atoms with Gasteiger partial charge in [0.15, 0.2) is 5.82 Å². The van der Waals surface area contributed by atoms with Gasteiger partial charge in [-0.15, -0.1) is 0 Å². The Labute approximate surface area is 103 Å². The smallest absolute Gasteiger partial charge is 0.150 e. The number of nitrogens with zero attached hydrogens (tertiary/aromatic N) is 1. The second kappa shape index (κ2) is 4.19. The van der Waals surface area contributed by atoms with Crippen molar-refractivity contribution in [1.82, 2.24) is 4.98 Å². The molecule has 0 aliphatic rings. The van der Waals surface area contributed by atoms with Gasteiger partial charge in [0.1, 0.15) is 5.52 Å². The highest BCUT2D eigenvalue weighted by Crippen LogP contribution is 2.31. The van der Waals surface area contributed by atoms with Crippen LogP contribution < -0.4 is 0 Å². The molecule has 0 amide bonds. The summed E-state index contributed by atoms with van der Waals surface area (Å²) < 4.78 is 13.6. The molecule has 84 valence electrons. The van der Waals surface area contributed by atoms with Crippen molar-refractivity contribution >= 4 is 34.1 Å². The van der Waals surface area contributed by atoms with Crippen LogP contribution in [0.5, 0.6) is 0 Å². The van der Waals surface area contributed by atoms with Crippen molar-refractivity contribution in [2.75, 3.05) is 0 Å². The summed E-state index contributed by atoms with van der Waals surface area (Å²) in [7, 11) is 0. The molecule has 0 unspecified atom stereocenters. The van der Waals surface area contributed by atoms with E-state index in [2.05, 4.69) is 4.98 Å². The summed E-state index contributed by atoms with van der Waals surface area (Å²) in [6.45, 7) is 3.82.